The van der Waals surface area contributed by atoms with Gasteiger partial charge in [0.2, 0.25) is 0 Å². The van der Waals surface area contributed by atoms with Crippen molar-refractivity contribution < 1.29 is 4.79 Å². The summed E-state index contributed by atoms with van der Waals surface area (Å²) in [7, 11) is 0. The average Bonchev–Trinajstić information content (AvgIpc) is 2.70. The van der Waals surface area contributed by atoms with Crippen molar-refractivity contribution in [2.24, 2.45) is 0 Å². The van der Waals surface area contributed by atoms with Crippen LogP contribution in [0.4, 0.5) is 5.69 Å². The lowest BCUT2D eigenvalue weighted by Crippen LogP contribution is -2.10. The van der Waals surface area contributed by atoms with Crippen molar-refractivity contribution >= 4 is 38.9 Å². The minimum absolute atomic E-state index is 0.122. The Bertz CT molecular complexity index is 620. The van der Waals surface area contributed by atoms with Gasteiger partial charge in [-0.1, -0.05) is 12.0 Å². The highest BCUT2D eigenvalue weighted by atomic mass is 79.9. The standard InChI is InChI=1S/C14H10BrNOS/c1-3-10-5-4-6-11(8-10)16-14(17)12-7-9(2)13(15)18-12/h1,4-8H,2H3,(H,16,17). The smallest absolute Gasteiger partial charge is 0.265 e. The molecule has 0 saturated heterocycles. The van der Waals surface area contributed by atoms with E-state index in [0.29, 0.717) is 10.6 Å². The van der Waals surface area contributed by atoms with Crippen LogP contribution in [0.5, 0.6) is 0 Å². The molecule has 2 rings (SSSR count). The molecule has 4 heteroatoms. The predicted octanol–water partition coefficient (Wildman–Crippen LogP) is 4.05. The molecule has 0 radical (unpaired) electrons. The summed E-state index contributed by atoms with van der Waals surface area (Å²) in [6.45, 7) is 1.95. The molecule has 2 aromatic rings. The SMILES string of the molecule is C#Cc1cccc(NC(=O)c2cc(C)c(Br)s2)c1. The van der Waals surface area contributed by atoms with E-state index in [-0.39, 0.29) is 5.91 Å². The minimum Gasteiger partial charge on any atom is -0.321 e. The Morgan fingerprint density at radius 3 is 2.83 bits per heavy atom. The van der Waals surface area contributed by atoms with E-state index < -0.39 is 0 Å². The molecular formula is C14H10BrNOS. The van der Waals surface area contributed by atoms with Gasteiger partial charge in [-0.05, 0) is 52.7 Å². The van der Waals surface area contributed by atoms with E-state index in [4.69, 9.17) is 6.42 Å². The van der Waals surface area contributed by atoms with Gasteiger partial charge in [-0.25, -0.2) is 0 Å². The second kappa shape index (κ2) is 5.38. The summed E-state index contributed by atoms with van der Waals surface area (Å²) in [4.78, 5) is 12.7. The Morgan fingerprint density at radius 2 is 2.22 bits per heavy atom. The lowest BCUT2D eigenvalue weighted by molar-refractivity contribution is 0.103. The summed E-state index contributed by atoms with van der Waals surface area (Å²) in [5, 5.41) is 2.83. The minimum atomic E-state index is -0.122. The van der Waals surface area contributed by atoms with Crippen LogP contribution in [-0.4, -0.2) is 5.91 Å². The summed E-state index contributed by atoms with van der Waals surface area (Å²) >= 11 is 4.82. The summed E-state index contributed by atoms with van der Waals surface area (Å²) in [6, 6.07) is 9.08. The van der Waals surface area contributed by atoms with Crippen molar-refractivity contribution in [1.82, 2.24) is 0 Å². The van der Waals surface area contributed by atoms with Gasteiger partial charge in [0.1, 0.15) is 0 Å². The summed E-state index contributed by atoms with van der Waals surface area (Å²) < 4.78 is 0.977. The number of nitrogens with one attached hydrogen (secondary N) is 1. The Morgan fingerprint density at radius 1 is 1.44 bits per heavy atom. The van der Waals surface area contributed by atoms with Gasteiger partial charge in [0.25, 0.3) is 5.91 Å². The van der Waals surface area contributed by atoms with Gasteiger partial charge in [-0.3, -0.25) is 4.79 Å². The van der Waals surface area contributed by atoms with Crippen LogP contribution >= 0.6 is 27.3 Å². The van der Waals surface area contributed by atoms with Crippen molar-refractivity contribution in [2.45, 2.75) is 6.92 Å². The number of carbonyl (C=O) groups is 1. The molecule has 0 unspecified atom stereocenters. The number of aryl methyl sites for hydroxylation is 1. The second-order valence-electron chi connectivity index (χ2n) is 3.75. The molecule has 1 aromatic heterocycles. The van der Waals surface area contributed by atoms with Crippen molar-refractivity contribution in [3.05, 3.63) is 50.1 Å². The van der Waals surface area contributed by atoms with Gasteiger partial charge >= 0.3 is 0 Å². The molecule has 1 N–H and O–H groups in total. The first-order chi connectivity index (χ1) is 8.60. The van der Waals surface area contributed by atoms with Crippen LogP contribution in [0.1, 0.15) is 20.8 Å². The van der Waals surface area contributed by atoms with Gasteiger partial charge in [-0.2, -0.15) is 0 Å². The Balaban J connectivity index is 2.19. The van der Waals surface area contributed by atoms with Crippen LogP contribution in [0.15, 0.2) is 34.1 Å². The van der Waals surface area contributed by atoms with E-state index in [9.17, 15) is 4.79 Å². The van der Waals surface area contributed by atoms with Crippen LogP contribution < -0.4 is 5.32 Å². The number of halogens is 1. The van der Waals surface area contributed by atoms with Crippen LogP contribution in [0.25, 0.3) is 0 Å². The number of anilines is 1. The van der Waals surface area contributed by atoms with Gasteiger partial charge < -0.3 is 5.32 Å². The van der Waals surface area contributed by atoms with Crippen molar-refractivity contribution in [3.8, 4) is 12.3 Å². The van der Waals surface area contributed by atoms with Crippen LogP contribution in [0.3, 0.4) is 0 Å². The molecule has 0 aliphatic rings. The van der Waals surface area contributed by atoms with Crippen molar-refractivity contribution in [2.75, 3.05) is 5.32 Å². The summed E-state index contributed by atoms with van der Waals surface area (Å²) in [6.07, 6.45) is 5.32. The lowest BCUT2D eigenvalue weighted by Gasteiger charge is -2.03. The van der Waals surface area contributed by atoms with E-state index in [1.165, 1.54) is 11.3 Å². The van der Waals surface area contributed by atoms with E-state index >= 15 is 0 Å². The molecule has 0 saturated carbocycles. The Labute approximate surface area is 118 Å². The highest BCUT2D eigenvalue weighted by Gasteiger charge is 2.11. The molecule has 0 spiro atoms. The van der Waals surface area contributed by atoms with E-state index in [1.807, 2.05) is 31.2 Å². The summed E-state index contributed by atoms with van der Waals surface area (Å²) in [5.41, 5.74) is 2.51. The first-order valence-corrected chi connectivity index (χ1v) is 6.85. The number of benzene rings is 1. The fourth-order valence-electron chi connectivity index (χ4n) is 1.45. The zero-order valence-corrected chi connectivity index (χ0v) is 12.1. The average molecular weight is 320 g/mol. The molecule has 0 atom stereocenters. The quantitative estimate of drug-likeness (QED) is 0.831. The largest absolute Gasteiger partial charge is 0.321 e. The van der Waals surface area contributed by atoms with Gasteiger partial charge in [-0.15, -0.1) is 17.8 Å². The number of hydrogen-bond donors (Lipinski definition) is 1. The van der Waals surface area contributed by atoms with Crippen LogP contribution in [-0.2, 0) is 0 Å². The fraction of sp³-hybridized carbons (Fsp3) is 0.0714. The van der Waals surface area contributed by atoms with E-state index in [1.54, 1.807) is 6.07 Å². The molecule has 18 heavy (non-hydrogen) atoms. The molecule has 1 heterocycles. The summed E-state index contributed by atoms with van der Waals surface area (Å²) in [5.74, 6) is 2.42. The molecule has 0 aliphatic carbocycles. The number of rotatable bonds is 2. The van der Waals surface area contributed by atoms with Gasteiger partial charge in [0.05, 0.1) is 8.66 Å². The highest BCUT2D eigenvalue weighted by Crippen LogP contribution is 2.27. The van der Waals surface area contributed by atoms with Crippen LogP contribution in [0, 0.1) is 19.3 Å². The maximum atomic E-state index is 12.0. The molecular weight excluding hydrogens is 310 g/mol. The topological polar surface area (TPSA) is 29.1 Å². The highest BCUT2D eigenvalue weighted by molar-refractivity contribution is 9.11. The third-order valence-electron chi connectivity index (χ3n) is 2.37. The maximum absolute atomic E-state index is 12.0. The molecule has 0 bridgehead atoms. The molecule has 0 aliphatic heterocycles. The zero-order valence-electron chi connectivity index (χ0n) is 9.66. The molecule has 0 fully saturated rings. The first kappa shape index (κ1) is 12.9. The van der Waals surface area contributed by atoms with Crippen molar-refractivity contribution in [3.63, 3.8) is 0 Å². The van der Waals surface area contributed by atoms with Crippen LogP contribution in [0.2, 0.25) is 0 Å². The molecule has 2 nitrogen and oxygen atoms in total. The number of terminal acetylenes is 1. The lowest BCUT2D eigenvalue weighted by atomic mass is 10.2. The third kappa shape index (κ3) is 2.81. The second-order valence-corrected chi connectivity index (χ2v) is 6.12. The maximum Gasteiger partial charge on any atom is 0.265 e. The Hall–Kier alpha value is -1.57. The van der Waals surface area contributed by atoms with Gasteiger partial charge in [0.15, 0.2) is 0 Å². The normalized spacial score (nSPS) is 9.83. The fourth-order valence-corrected chi connectivity index (χ4v) is 2.88. The zero-order chi connectivity index (χ0) is 13.1. The number of amides is 1. The van der Waals surface area contributed by atoms with Gasteiger partial charge in [0, 0.05) is 11.3 Å². The predicted molar refractivity (Wildman–Crippen MR) is 79.1 cm³/mol. The van der Waals surface area contributed by atoms with E-state index in [0.717, 1.165) is 14.9 Å². The molecule has 1 aromatic carbocycles. The number of thiophene rings is 1. The third-order valence-corrected chi connectivity index (χ3v) is 4.50. The van der Waals surface area contributed by atoms with Crippen molar-refractivity contribution in [1.29, 1.82) is 0 Å². The molecule has 90 valence electrons. The Kier molecular flexibility index (Phi) is 3.85. The number of hydrogen-bond acceptors (Lipinski definition) is 2. The van der Waals surface area contributed by atoms with E-state index in [2.05, 4.69) is 27.2 Å². The molecule has 1 amide bonds. The monoisotopic (exact) mass is 319 g/mol. The first-order valence-electron chi connectivity index (χ1n) is 5.24. The number of carbonyl (C=O) groups excluding carboxylic acids is 1.